The van der Waals surface area contributed by atoms with Crippen LogP contribution in [0.2, 0.25) is 0 Å². The lowest BCUT2D eigenvalue weighted by Gasteiger charge is -2.39. The van der Waals surface area contributed by atoms with Gasteiger partial charge in [-0.25, -0.2) is 8.78 Å². The smallest absolute Gasteiger partial charge is 0.207 e. The van der Waals surface area contributed by atoms with E-state index in [0.717, 1.165) is 12.8 Å². The van der Waals surface area contributed by atoms with E-state index in [4.69, 9.17) is 0 Å². The number of halogens is 2. The minimum Gasteiger partial charge on any atom is -0.207 e. The molecule has 0 aromatic carbocycles. The summed E-state index contributed by atoms with van der Waals surface area (Å²) in [6, 6.07) is 0. The summed E-state index contributed by atoms with van der Waals surface area (Å²) in [7, 11) is 0. The Balaban J connectivity index is 1.99. The number of hydrogen-bond acceptors (Lipinski definition) is 0. The molecule has 0 saturated heterocycles. The topological polar surface area (TPSA) is 0 Å². The van der Waals surface area contributed by atoms with Crippen LogP contribution >= 0.6 is 0 Å². The molecule has 0 aromatic rings. The van der Waals surface area contributed by atoms with Gasteiger partial charge in [0.1, 0.15) is 0 Å². The molecule has 0 nitrogen and oxygen atoms in total. The molecule has 0 bridgehead atoms. The van der Waals surface area contributed by atoms with Gasteiger partial charge in [0.2, 0.25) is 5.92 Å². The lowest BCUT2D eigenvalue weighted by Crippen LogP contribution is -2.34. The van der Waals surface area contributed by atoms with E-state index in [1.807, 2.05) is 0 Å². The Morgan fingerprint density at radius 2 is 1.58 bits per heavy atom. The summed E-state index contributed by atoms with van der Waals surface area (Å²) in [6.45, 7) is 0. The summed E-state index contributed by atoms with van der Waals surface area (Å²) in [4.78, 5) is 0. The maximum absolute atomic E-state index is 13.0. The summed E-state index contributed by atoms with van der Waals surface area (Å²) in [5, 5.41) is 0. The third-order valence-corrected chi connectivity index (χ3v) is 3.51. The van der Waals surface area contributed by atoms with Crippen LogP contribution in [0.4, 0.5) is 8.78 Å². The first-order valence-electron chi connectivity index (χ1n) is 5.05. The third-order valence-electron chi connectivity index (χ3n) is 3.51. The van der Waals surface area contributed by atoms with Gasteiger partial charge >= 0.3 is 0 Å². The molecule has 0 radical (unpaired) electrons. The summed E-state index contributed by atoms with van der Waals surface area (Å²) >= 11 is 0. The van der Waals surface area contributed by atoms with E-state index in [-0.39, 0.29) is 12.8 Å². The molecule has 2 rings (SSSR count). The van der Waals surface area contributed by atoms with Gasteiger partial charge in [-0.15, -0.1) is 0 Å². The molecule has 0 unspecified atom stereocenters. The summed E-state index contributed by atoms with van der Waals surface area (Å²) in [5.74, 6) is -1.35. The molecule has 2 atom stereocenters. The highest BCUT2D eigenvalue weighted by Crippen LogP contribution is 2.46. The molecule has 70 valence electrons. The highest BCUT2D eigenvalue weighted by Gasteiger charge is 2.41. The van der Waals surface area contributed by atoms with Crippen molar-refractivity contribution in [2.75, 3.05) is 0 Å². The molecule has 0 spiro atoms. The first-order chi connectivity index (χ1) is 5.67. The minimum absolute atomic E-state index is 0.147. The Morgan fingerprint density at radius 1 is 0.917 bits per heavy atom. The third kappa shape index (κ3) is 1.62. The number of alkyl halides is 2. The van der Waals surface area contributed by atoms with Crippen LogP contribution in [-0.2, 0) is 0 Å². The van der Waals surface area contributed by atoms with Crippen LogP contribution in [-0.4, -0.2) is 5.92 Å². The molecule has 2 aliphatic rings. The van der Waals surface area contributed by atoms with Crippen molar-refractivity contribution in [1.82, 2.24) is 0 Å². The van der Waals surface area contributed by atoms with Gasteiger partial charge in [0.25, 0.3) is 0 Å². The van der Waals surface area contributed by atoms with E-state index < -0.39 is 5.92 Å². The lowest BCUT2D eigenvalue weighted by atomic mass is 9.70. The van der Waals surface area contributed by atoms with Gasteiger partial charge in [0, 0.05) is 12.8 Å². The second-order valence-electron chi connectivity index (χ2n) is 4.40. The Bertz CT molecular complexity index is 165. The fourth-order valence-corrected chi connectivity index (χ4v) is 2.82. The summed E-state index contributed by atoms with van der Waals surface area (Å²) < 4.78 is 26.0. The van der Waals surface area contributed by atoms with Crippen LogP contribution in [0, 0.1) is 11.8 Å². The zero-order valence-electron chi connectivity index (χ0n) is 7.36. The molecule has 0 aromatic heterocycles. The van der Waals surface area contributed by atoms with Gasteiger partial charge in [-0.1, -0.05) is 19.3 Å². The van der Waals surface area contributed by atoms with Crippen LogP contribution in [0.1, 0.15) is 44.9 Å². The van der Waals surface area contributed by atoms with Crippen molar-refractivity contribution in [3.8, 4) is 0 Å². The quantitative estimate of drug-likeness (QED) is 0.526. The van der Waals surface area contributed by atoms with E-state index in [1.54, 1.807) is 0 Å². The van der Waals surface area contributed by atoms with Crippen molar-refractivity contribution in [2.45, 2.75) is 50.9 Å². The van der Waals surface area contributed by atoms with Crippen molar-refractivity contribution in [3.05, 3.63) is 0 Å². The van der Waals surface area contributed by atoms with Gasteiger partial charge in [0.05, 0.1) is 0 Å². The van der Waals surface area contributed by atoms with Crippen molar-refractivity contribution in [3.63, 3.8) is 0 Å². The Kier molecular flexibility index (Phi) is 2.09. The molecule has 2 fully saturated rings. The number of fused-ring (bicyclic) bond motifs is 1. The van der Waals surface area contributed by atoms with Crippen molar-refractivity contribution >= 4 is 0 Å². The molecule has 2 aliphatic carbocycles. The van der Waals surface area contributed by atoms with Crippen LogP contribution in [0.15, 0.2) is 0 Å². The first kappa shape index (κ1) is 8.46. The number of rotatable bonds is 0. The van der Waals surface area contributed by atoms with E-state index >= 15 is 0 Å². The van der Waals surface area contributed by atoms with Gasteiger partial charge in [-0.2, -0.15) is 0 Å². The van der Waals surface area contributed by atoms with Crippen molar-refractivity contribution < 1.29 is 8.78 Å². The van der Waals surface area contributed by atoms with E-state index in [9.17, 15) is 8.78 Å². The normalized spacial score (nSPS) is 40.5. The number of hydrogen-bond donors (Lipinski definition) is 0. The molecular weight excluding hydrogens is 158 g/mol. The van der Waals surface area contributed by atoms with Crippen molar-refractivity contribution in [1.29, 1.82) is 0 Å². The van der Waals surface area contributed by atoms with Crippen LogP contribution < -0.4 is 0 Å². The zero-order chi connectivity index (χ0) is 8.60. The molecule has 0 N–H and O–H groups in total. The van der Waals surface area contributed by atoms with Gasteiger partial charge in [-0.3, -0.25) is 0 Å². The molecule has 0 aliphatic heterocycles. The van der Waals surface area contributed by atoms with E-state index in [0.29, 0.717) is 11.8 Å². The highest BCUT2D eigenvalue weighted by atomic mass is 19.3. The average molecular weight is 174 g/mol. The van der Waals surface area contributed by atoms with E-state index in [1.165, 1.54) is 19.3 Å². The van der Waals surface area contributed by atoms with Crippen LogP contribution in [0.5, 0.6) is 0 Å². The largest absolute Gasteiger partial charge is 0.248 e. The molecule has 2 saturated carbocycles. The predicted molar refractivity (Wildman–Crippen MR) is 44.2 cm³/mol. The fourth-order valence-electron chi connectivity index (χ4n) is 2.82. The van der Waals surface area contributed by atoms with Crippen molar-refractivity contribution in [2.24, 2.45) is 11.8 Å². The predicted octanol–water partition coefficient (Wildman–Crippen LogP) is 3.61. The van der Waals surface area contributed by atoms with Gasteiger partial charge in [0.15, 0.2) is 0 Å². The standard InChI is InChI=1S/C10H16F2/c11-10(12)6-5-8-3-1-2-4-9(8)7-10/h8-9H,1-7H2/t8-,9+/m0/s1. The highest BCUT2D eigenvalue weighted by molar-refractivity contribution is 4.86. The second kappa shape index (κ2) is 2.97. The average Bonchev–Trinajstić information content (AvgIpc) is 2.02. The van der Waals surface area contributed by atoms with Gasteiger partial charge in [-0.05, 0) is 24.7 Å². The lowest BCUT2D eigenvalue weighted by molar-refractivity contribution is -0.0771. The molecule has 2 heteroatoms. The summed E-state index contributed by atoms with van der Waals surface area (Å²) in [6.07, 6.45) is 5.81. The monoisotopic (exact) mass is 174 g/mol. The Labute approximate surface area is 72.3 Å². The SMILES string of the molecule is FC1(F)CC[C@@H]2CCCC[C@@H]2C1. The maximum Gasteiger partial charge on any atom is 0.248 e. The summed E-state index contributed by atoms with van der Waals surface area (Å²) in [5.41, 5.74) is 0. The molecular formula is C10H16F2. The second-order valence-corrected chi connectivity index (χ2v) is 4.40. The zero-order valence-corrected chi connectivity index (χ0v) is 7.36. The van der Waals surface area contributed by atoms with Crippen LogP contribution in [0.25, 0.3) is 0 Å². The van der Waals surface area contributed by atoms with Gasteiger partial charge < -0.3 is 0 Å². The Morgan fingerprint density at radius 3 is 2.33 bits per heavy atom. The first-order valence-corrected chi connectivity index (χ1v) is 5.05. The minimum atomic E-state index is -2.33. The molecule has 12 heavy (non-hydrogen) atoms. The fraction of sp³-hybridized carbons (Fsp3) is 1.00. The molecule has 0 heterocycles. The molecule has 0 amide bonds. The van der Waals surface area contributed by atoms with Crippen LogP contribution in [0.3, 0.4) is 0 Å². The maximum atomic E-state index is 13.0. The Hall–Kier alpha value is -0.140. The van der Waals surface area contributed by atoms with E-state index in [2.05, 4.69) is 0 Å².